The lowest BCUT2D eigenvalue weighted by Gasteiger charge is -2.09. The lowest BCUT2D eigenvalue weighted by atomic mass is 10.3. The zero-order chi connectivity index (χ0) is 13.4. The highest BCUT2D eigenvalue weighted by Crippen LogP contribution is 2.39. The smallest absolute Gasteiger partial charge is 0.135 e. The molecule has 0 atom stereocenters. The van der Waals surface area contributed by atoms with Crippen molar-refractivity contribution in [2.24, 2.45) is 0 Å². The molecule has 0 aliphatic heterocycles. The summed E-state index contributed by atoms with van der Waals surface area (Å²) in [6.07, 6.45) is 2.33. The van der Waals surface area contributed by atoms with Gasteiger partial charge in [0.2, 0.25) is 0 Å². The van der Waals surface area contributed by atoms with E-state index in [-0.39, 0.29) is 0 Å². The summed E-state index contributed by atoms with van der Waals surface area (Å²) in [7, 11) is 0. The van der Waals surface area contributed by atoms with E-state index in [1.165, 1.54) is 0 Å². The van der Waals surface area contributed by atoms with Crippen molar-refractivity contribution in [3.63, 3.8) is 0 Å². The Balaban J connectivity index is 1.89. The third-order valence-corrected chi connectivity index (χ3v) is 3.80. The van der Waals surface area contributed by atoms with Crippen molar-refractivity contribution in [1.29, 1.82) is 0 Å². The Morgan fingerprint density at radius 1 is 1.16 bits per heavy atom. The van der Waals surface area contributed by atoms with Gasteiger partial charge in [-0.3, -0.25) is 0 Å². The maximum atomic E-state index is 6.13. The van der Waals surface area contributed by atoms with Gasteiger partial charge in [0.05, 0.1) is 10.7 Å². The maximum absolute atomic E-state index is 6.13. The summed E-state index contributed by atoms with van der Waals surface area (Å²) in [5, 5.41) is 4.37. The summed E-state index contributed by atoms with van der Waals surface area (Å²) in [4.78, 5) is 8.90. The van der Waals surface area contributed by atoms with E-state index in [0.29, 0.717) is 16.0 Å². The van der Waals surface area contributed by atoms with Gasteiger partial charge in [-0.25, -0.2) is 9.97 Å². The van der Waals surface area contributed by atoms with Gasteiger partial charge >= 0.3 is 0 Å². The van der Waals surface area contributed by atoms with E-state index in [2.05, 4.69) is 31.2 Å². The number of aromatic nitrogens is 2. The highest BCUT2D eigenvalue weighted by atomic mass is 79.9. The van der Waals surface area contributed by atoms with Crippen LogP contribution in [0.25, 0.3) is 0 Å². The van der Waals surface area contributed by atoms with Gasteiger partial charge in [0.1, 0.15) is 16.2 Å². The van der Waals surface area contributed by atoms with Crippen molar-refractivity contribution in [3.05, 3.63) is 44.7 Å². The van der Waals surface area contributed by atoms with Gasteiger partial charge in [0, 0.05) is 17.0 Å². The fraction of sp³-hybridized carbons (Fsp3) is 0.231. The minimum atomic E-state index is 0.499. The van der Waals surface area contributed by atoms with Crippen molar-refractivity contribution in [1.82, 2.24) is 9.97 Å². The van der Waals surface area contributed by atoms with Crippen LogP contribution in [0.5, 0.6) is 0 Å². The molecule has 1 aliphatic carbocycles. The van der Waals surface area contributed by atoms with Gasteiger partial charge in [0.15, 0.2) is 0 Å². The largest absolute Gasteiger partial charge is 0.339 e. The maximum Gasteiger partial charge on any atom is 0.135 e. The van der Waals surface area contributed by atoms with Crippen LogP contribution < -0.4 is 5.32 Å². The average Bonchev–Trinajstić information content (AvgIpc) is 3.16. The molecule has 3 nitrogen and oxygen atoms in total. The molecule has 0 bridgehead atoms. The first-order valence-corrected chi connectivity index (χ1v) is 7.43. The summed E-state index contributed by atoms with van der Waals surface area (Å²) in [6, 6.07) is 7.14. The van der Waals surface area contributed by atoms with Gasteiger partial charge in [-0.05, 0) is 47.0 Å². The second-order valence-electron chi connectivity index (χ2n) is 4.46. The molecule has 6 heteroatoms. The van der Waals surface area contributed by atoms with Crippen LogP contribution in [0.1, 0.15) is 24.6 Å². The summed E-state index contributed by atoms with van der Waals surface area (Å²) >= 11 is 15.4. The fourth-order valence-electron chi connectivity index (χ4n) is 1.75. The molecule has 1 N–H and O–H groups in total. The molecule has 98 valence electrons. The van der Waals surface area contributed by atoms with Gasteiger partial charge in [-0.2, -0.15) is 0 Å². The molecule has 1 fully saturated rings. The number of nitrogens with zero attached hydrogens (tertiary/aromatic N) is 2. The molecule has 0 amide bonds. The van der Waals surface area contributed by atoms with E-state index in [1.807, 2.05) is 12.1 Å². The van der Waals surface area contributed by atoms with Crippen molar-refractivity contribution >= 4 is 50.6 Å². The normalized spacial score (nSPS) is 14.5. The third-order valence-electron chi connectivity index (χ3n) is 2.85. The molecule has 3 rings (SSSR count). The Bertz CT molecular complexity index is 629. The van der Waals surface area contributed by atoms with E-state index in [9.17, 15) is 0 Å². The van der Waals surface area contributed by atoms with Crippen LogP contribution in [0.3, 0.4) is 0 Å². The molecular weight excluding hydrogens is 349 g/mol. The lowest BCUT2D eigenvalue weighted by Crippen LogP contribution is -2.00. The lowest BCUT2D eigenvalue weighted by molar-refractivity contribution is 0.919. The molecule has 1 aliphatic rings. The molecule has 2 aromatic rings. The summed E-state index contributed by atoms with van der Waals surface area (Å²) in [5.74, 6) is 2.11. The zero-order valence-electron chi connectivity index (χ0n) is 9.83. The van der Waals surface area contributed by atoms with Gasteiger partial charge < -0.3 is 5.32 Å². The minimum Gasteiger partial charge on any atom is -0.339 e. The van der Waals surface area contributed by atoms with Crippen LogP contribution in [0.15, 0.2) is 28.9 Å². The number of nitrogens with one attached hydrogen (secondary N) is 1. The van der Waals surface area contributed by atoms with Crippen molar-refractivity contribution in [3.8, 4) is 0 Å². The first kappa shape index (κ1) is 13.2. The standard InChI is InChI=1S/C13H10BrCl2N3/c14-11-6-12(19-13(18-11)7-1-2-7)17-10-4-3-8(15)5-9(10)16/h3-7H,1-2H2,(H,17,18,19). The SMILES string of the molecule is Clc1ccc(Nc2cc(Br)nc(C3CC3)n2)c(Cl)c1. The van der Waals surface area contributed by atoms with E-state index in [0.717, 1.165) is 34.8 Å². The zero-order valence-corrected chi connectivity index (χ0v) is 12.9. The van der Waals surface area contributed by atoms with E-state index >= 15 is 0 Å². The number of benzene rings is 1. The summed E-state index contributed by atoms with van der Waals surface area (Å²) in [6.45, 7) is 0. The third kappa shape index (κ3) is 3.19. The molecule has 0 spiro atoms. The highest BCUT2D eigenvalue weighted by molar-refractivity contribution is 9.10. The molecule has 19 heavy (non-hydrogen) atoms. The van der Waals surface area contributed by atoms with Crippen LogP contribution in [0.2, 0.25) is 10.0 Å². The topological polar surface area (TPSA) is 37.8 Å². The van der Waals surface area contributed by atoms with Crippen molar-refractivity contribution < 1.29 is 0 Å². The van der Waals surface area contributed by atoms with Crippen LogP contribution >= 0.6 is 39.1 Å². The Morgan fingerprint density at radius 2 is 1.95 bits per heavy atom. The Kier molecular flexibility index (Phi) is 3.65. The number of hydrogen-bond donors (Lipinski definition) is 1. The van der Waals surface area contributed by atoms with Crippen LogP contribution in [0, 0.1) is 0 Å². The second-order valence-corrected chi connectivity index (χ2v) is 6.11. The Morgan fingerprint density at radius 3 is 2.63 bits per heavy atom. The predicted octanol–water partition coefficient (Wildman–Crippen LogP) is 5.17. The molecule has 1 heterocycles. The molecule has 0 radical (unpaired) electrons. The highest BCUT2D eigenvalue weighted by Gasteiger charge is 2.27. The number of hydrogen-bond acceptors (Lipinski definition) is 3. The molecule has 0 saturated heterocycles. The molecule has 1 saturated carbocycles. The average molecular weight is 359 g/mol. The Hall–Kier alpha value is -0.840. The quantitative estimate of drug-likeness (QED) is 0.769. The monoisotopic (exact) mass is 357 g/mol. The first-order valence-electron chi connectivity index (χ1n) is 5.88. The number of anilines is 2. The number of rotatable bonds is 3. The van der Waals surface area contributed by atoms with Crippen LogP contribution in [-0.2, 0) is 0 Å². The Labute approximate surface area is 129 Å². The second kappa shape index (κ2) is 5.27. The van der Waals surface area contributed by atoms with Gasteiger partial charge in [-0.1, -0.05) is 23.2 Å². The van der Waals surface area contributed by atoms with Gasteiger partial charge in [0.25, 0.3) is 0 Å². The molecule has 1 aromatic heterocycles. The molecule has 1 aromatic carbocycles. The van der Waals surface area contributed by atoms with E-state index < -0.39 is 0 Å². The number of halogens is 3. The van der Waals surface area contributed by atoms with E-state index in [1.54, 1.807) is 12.1 Å². The van der Waals surface area contributed by atoms with E-state index in [4.69, 9.17) is 23.2 Å². The fourth-order valence-corrected chi connectivity index (χ4v) is 2.61. The van der Waals surface area contributed by atoms with Gasteiger partial charge in [-0.15, -0.1) is 0 Å². The first-order chi connectivity index (χ1) is 9.11. The van der Waals surface area contributed by atoms with Crippen LogP contribution in [0.4, 0.5) is 11.5 Å². The van der Waals surface area contributed by atoms with Crippen LogP contribution in [-0.4, -0.2) is 9.97 Å². The summed E-state index contributed by atoms with van der Waals surface area (Å²) in [5.41, 5.74) is 0.776. The van der Waals surface area contributed by atoms with Crippen molar-refractivity contribution in [2.75, 3.05) is 5.32 Å². The summed E-state index contributed by atoms with van der Waals surface area (Å²) < 4.78 is 0.775. The molecular formula is C13H10BrCl2N3. The minimum absolute atomic E-state index is 0.499. The molecule has 0 unspecified atom stereocenters. The predicted molar refractivity (Wildman–Crippen MR) is 81.5 cm³/mol. The van der Waals surface area contributed by atoms with Crippen molar-refractivity contribution in [2.45, 2.75) is 18.8 Å².